The van der Waals surface area contributed by atoms with Crippen LogP contribution in [0.1, 0.15) is 25.8 Å². The van der Waals surface area contributed by atoms with E-state index in [0.717, 1.165) is 12.0 Å². The van der Waals surface area contributed by atoms with Crippen LogP contribution in [0.2, 0.25) is 5.02 Å². The zero-order valence-corrected chi connectivity index (χ0v) is 11.6. The Balaban J connectivity index is 2.82. The number of nitrogens with zero attached hydrogens (tertiary/aromatic N) is 1. The fourth-order valence-corrected chi connectivity index (χ4v) is 1.99. The zero-order valence-electron chi connectivity index (χ0n) is 10.1. The van der Waals surface area contributed by atoms with E-state index >= 15 is 0 Å². The largest absolute Gasteiger partial charge is 0.335 e. The molecule has 0 spiro atoms. The number of amides is 1. The molecule has 0 fully saturated rings. The average molecular weight is 274 g/mol. The molecule has 0 saturated carbocycles. The summed E-state index contributed by atoms with van der Waals surface area (Å²) in [5, 5.41) is 0.685. The van der Waals surface area contributed by atoms with Gasteiger partial charge in [-0.15, -0.1) is 11.6 Å². The Labute approximate surface area is 113 Å². The van der Waals surface area contributed by atoms with Crippen molar-refractivity contribution < 1.29 is 4.79 Å². The number of benzene rings is 1. The molecule has 0 heterocycles. The molecule has 0 aliphatic carbocycles. The van der Waals surface area contributed by atoms with E-state index in [0.29, 0.717) is 11.6 Å². The third-order valence-corrected chi connectivity index (χ3v) is 3.26. The lowest BCUT2D eigenvalue weighted by Crippen LogP contribution is -2.38. The van der Waals surface area contributed by atoms with Crippen molar-refractivity contribution in [3.63, 3.8) is 0 Å². The number of hydrogen-bond donors (Lipinski definition) is 0. The van der Waals surface area contributed by atoms with Gasteiger partial charge >= 0.3 is 0 Å². The van der Waals surface area contributed by atoms with E-state index in [-0.39, 0.29) is 17.8 Å². The Morgan fingerprint density at radius 1 is 1.47 bits per heavy atom. The summed E-state index contributed by atoms with van der Waals surface area (Å²) in [6.07, 6.45) is 0.906. The maximum Gasteiger partial charge on any atom is 0.238 e. The molecule has 0 bridgehead atoms. The third kappa shape index (κ3) is 4.21. The molecular weight excluding hydrogens is 257 g/mol. The first kappa shape index (κ1) is 14.3. The van der Waals surface area contributed by atoms with Crippen LogP contribution in [0.25, 0.3) is 0 Å². The summed E-state index contributed by atoms with van der Waals surface area (Å²) in [5.41, 5.74) is 1.02. The van der Waals surface area contributed by atoms with E-state index in [1.54, 1.807) is 4.90 Å². The number of carbonyl (C=O) groups excluding carboxylic acids is 1. The molecule has 1 aromatic rings. The van der Waals surface area contributed by atoms with Gasteiger partial charge in [0.2, 0.25) is 5.91 Å². The monoisotopic (exact) mass is 273 g/mol. The normalized spacial score (nSPS) is 12.2. The number of carbonyl (C=O) groups is 1. The van der Waals surface area contributed by atoms with Crippen molar-refractivity contribution in [1.82, 2.24) is 4.90 Å². The summed E-state index contributed by atoms with van der Waals surface area (Å²) in [6, 6.07) is 7.72. The molecule has 0 aromatic heterocycles. The first-order chi connectivity index (χ1) is 8.08. The van der Waals surface area contributed by atoms with Gasteiger partial charge in [0.1, 0.15) is 5.88 Å². The second-order valence-corrected chi connectivity index (χ2v) is 4.75. The summed E-state index contributed by atoms with van der Waals surface area (Å²) >= 11 is 11.6. The standard InChI is InChI=1S/C13H17Cl2NO/c1-3-10(2)16(13(17)8-14)9-11-5-4-6-12(15)7-11/h4-7,10H,3,8-9H2,1-2H3. The van der Waals surface area contributed by atoms with E-state index in [2.05, 4.69) is 6.92 Å². The molecule has 1 amide bonds. The second-order valence-electron chi connectivity index (χ2n) is 4.04. The summed E-state index contributed by atoms with van der Waals surface area (Å²) in [4.78, 5) is 13.6. The van der Waals surface area contributed by atoms with Crippen LogP contribution in [0.15, 0.2) is 24.3 Å². The van der Waals surface area contributed by atoms with Gasteiger partial charge in [-0.2, -0.15) is 0 Å². The quantitative estimate of drug-likeness (QED) is 0.749. The molecule has 1 rings (SSSR count). The van der Waals surface area contributed by atoms with Crippen LogP contribution in [0.3, 0.4) is 0 Å². The van der Waals surface area contributed by atoms with Crippen LogP contribution in [-0.4, -0.2) is 22.7 Å². The zero-order chi connectivity index (χ0) is 12.8. The van der Waals surface area contributed by atoms with E-state index in [4.69, 9.17) is 23.2 Å². The van der Waals surface area contributed by atoms with Gasteiger partial charge in [0.15, 0.2) is 0 Å². The molecule has 0 radical (unpaired) electrons. The first-order valence-electron chi connectivity index (χ1n) is 5.68. The maximum atomic E-state index is 11.8. The van der Waals surface area contributed by atoms with Crippen molar-refractivity contribution in [3.8, 4) is 0 Å². The Kier molecular flexibility index (Phi) is 5.79. The second kappa shape index (κ2) is 6.87. The smallest absolute Gasteiger partial charge is 0.238 e. The van der Waals surface area contributed by atoms with Gasteiger partial charge < -0.3 is 4.90 Å². The average Bonchev–Trinajstić information content (AvgIpc) is 2.34. The molecule has 1 aromatic carbocycles. The van der Waals surface area contributed by atoms with Crippen molar-refractivity contribution in [1.29, 1.82) is 0 Å². The lowest BCUT2D eigenvalue weighted by atomic mass is 10.1. The Hall–Kier alpha value is -0.730. The van der Waals surface area contributed by atoms with Gasteiger partial charge in [0, 0.05) is 17.6 Å². The molecule has 0 N–H and O–H groups in total. The molecule has 2 nitrogen and oxygen atoms in total. The number of rotatable bonds is 5. The van der Waals surface area contributed by atoms with Crippen LogP contribution in [0.4, 0.5) is 0 Å². The predicted octanol–water partition coefficient (Wildman–Crippen LogP) is 3.71. The maximum absolute atomic E-state index is 11.8. The summed E-state index contributed by atoms with van der Waals surface area (Å²) < 4.78 is 0. The fourth-order valence-electron chi connectivity index (χ4n) is 1.62. The van der Waals surface area contributed by atoms with Crippen LogP contribution in [0.5, 0.6) is 0 Å². The highest BCUT2D eigenvalue weighted by atomic mass is 35.5. The minimum Gasteiger partial charge on any atom is -0.335 e. The van der Waals surface area contributed by atoms with Gasteiger partial charge in [-0.05, 0) is 31.0 Å². The van der Waals surface area contributed by atoms with E-state index in [1.807, 2.05) is 31.2 Å². The summed E-state index contributed by atoms with van der Waals surface area (Å²) in [5.74, 6) is -0.0220. The summed E-state index contributed by atoms with van der Waals surface area (Å²) in [7, 11) is 0. The molecule has 1 atom stereocenters. The topological polar surface area (TPSA) is 20.3 Å². The molecule has 0 aliphatic heterocycles. The van der Waals surface area contributed by atoms with Gasteiger partial charge in [-0.1, -0.05) is 30.7 Å². The molecule has 0 aliphatic rings. The van der Waals surface area contributed by atoms with Crippen molar-refractivity contribution >= 4 is 29.1 Å². The van der Waals surface area contributed by atoms with Crippen molar-refractivity contribution in [2.24, 2.45) is 0 Å². The lowest BCUT2D eigenvalue weighted by molar-refractivity contribution is -0.131. The van der Waals surface area contributed by atoms with Crippen molar-refractivity contribution in [2.75, 3.05) is 5.88 Å². The third-order valence-electron chi connectivity index (χ3n) is 2.80. The van der Waals surface area contributed by atoms with Crippen LogP contribution in [0, 0.1) is 0 Å². The molecule has 94 valence electrons. The van der Waals surface area contributed by atoms with Crippen LogP contribution >= 0.6 is 23.2 Å². The fraction of sp³-hybridized carbons (Fsp3) is 0.462. The Bertz CT molecular complexity index is 381. The van der Waals surface area contributed by atoms with Gasteiger partial charge in [0.05, 0.1) is 0 Å². The first-order valence-corrected chi connectivity index (χ1v) is 6.59. The Morgan fingerprint density at radius 3 is 2.71 bits per heavy atom. The molecular formula is C13H17Cl2NO. The highest BCUT2D eigenvalue weighted by molar-refractivity contribution is 6.30. The SMILES string of the molecule is CCC(C)N(Cc1cccc(Cl)c1)C(=O)CCl. The van der Waals surface area contributed by atoms with Gasteiger partial charge in [-0.3, -0.25) is 4.79 Å². The van der Waals surface area contributed by atoms with E-state index < -0.39 is 0 Å². The van der Waals surface area contributed by atoms with Crippen molar-refractivity contribution in [2.45, 2.75) is 32.9 Å². The minimum atomic E-state index is -0.0407. The molecule has 1 unspecified atom stereocenters. The van der Waals surface area contributed by atoms with Gasteiger partial charge in [-0.25, -0.2) is 0 Å². The van der Waals surface area contributed by atoms with Crippen molar-refractivity contribution in [3.05, 3.63) is 34.9 Å². The number of hydrogen-bond acceptors (Lipinski definition) is 1. The number of alkyl halides is 1. The van der Waals surface area contributed by atoms with E-state index in [1.165, 1.54) is 0 Å². The van der Waals surface area contributed by atoms with Crippen LogP contribution in [-0.2, 0) is 11.3 Å². The van der Waals surface area contributed by atoms with E-state index in [9.17, 15) is 4.79 Å². The summed E-state index contributed by atoms with van der Waals surface area (Å²) in [6.45, 7) is 4.63. The lowest BCUT2D eigenvalue weighted by Gasteiger charge is -2.28. The minimum absolute atomic E-state index is 0.0188. The predicted molar refractivity (Wildman–Crippen MR) is 72.5 cm³/mol. The van der Waals surface area contributed by atoms with Crippen LogP contribution < -0.4 is 0 Å². The highest BCUT2D eigenvalue weighted by Gasteiger charge is 2.18. The highest BCUT2D eigenvalue weighted by Crippen LogP contribution is 2.15. The molecule has 0 saturated heterocycles. The Morgan fingerprint density at radius 2 is 2.18 bits per heavy atom. The molecule has 4 heteroatoms. The number of halogens is 2. The molecule has 17 heavy (non-hydrogen) atoms. The van der Waals surface area contributed by atoms with Gasteiger partial charge in [0.25, 0.3) is 0 Å².